The first-order valence-corrected chi connectivity index (χ1v) is 10.4. The zero-order valence-electron chi connectivity index (χ0n) is 19.2. The minimum atomic E-state index is -0.660. The fourth-order valence-electron chi connectivity index (χ4n) is 3.20. The smallest absolute Gasteiger partial charge is 0.368 e. The molecule has 0 unspecified atom stereocenters. The first kappa shape index (κ1) is 24.8. The molecule has 4 rings (SSSR count). The highest BCUT2D eigenvalue weighted by atomic mass is 19.1. The number of nitrogens with two attached hydrogens (primary N) is 1. The fraction of sp³-hybridized carbons (Fsp3) is 0.208. The Morgan fingerprint density at radius 2 is 1.71 bits per heavy atom. The number of hydrogen-bond donors (Lipinski definition) is 1. The maximum absolute atomic E-state index is 14.6. The number of nitrogen functional groups attached to an aromatic ring is 1. The number of anilines is 1. The van der Waals surface area contributed by atoms with E-state index in [-0.39, 0.29) is 34.3 Å². The second kappa shape index (κ2) is 10.4. The summed E-state index contributed by atoms with van der Waals surface area (Å²) in [4.78, 5) is 29.3. The van der Waals surface area contributed by atoms with Gasteiger partial charge in [-0.3, -0.25) is 4.98 Å². The Labute approximate surface area is 200 Å². The summed E-state index contributed by atoms with van der Waals surface area (Å²) in [5, 5.41) is 17.4. The minimum absolute atomic E-state index is 0.0339. The predicted octanol–water partition coefficient (Wildman–Crippen LogP) is 3.15. The number of nitriles is 1. The van der Waals surface area contributed by atoms with Crippen molar-refractivity contribution in [3.63, 3.8) is 0 Å². The van der Waals surface area contributed by atoms with Gasteiger partial charge in [0.05, 0.1) is 35.4 Å². The van der Waals surface area contributed by atoms with Gasteiger partial charge in [0, 0.05) is 16.7 Å². The second-order valence-corrected chi connectivity index (χ2v) is 8.42. The van der Waals surface area contributed by atoms with Gasteiger partial charge in [0.2, 0.25) is 5.95 Å². The van der Waals surface area contributed by atoms with Crippen molar-refractivity contribution in [2.75, 3.05) is 5.73 Å². The van der Waals surface area contributed by atoms with Crippen LogP contribution in [0, 0.1) is 17.1 Å². The van der Waals surface area contributed by atoms with Crippen molar-refractivity contribution in [3.05, 3.63) is 71.4 Å². The monoisotopic (exact) mass is 472 g/mol. The molecule has 0 bridgehead atoms. The average molecular weight is 472 g/mol. The summed E-state index contributed by atoms with van der Waals surface area (Å²) in [6.45, 7) is 6.76. The van der Waals surface area contributed by atoms with Crippen LogP contribution in [0.15, 0.2) is 48.7 Å². The molecule has 0 saturated carbocycles. The van der Waals surface area contributed by atoms with Crippen LogP contribution in [-0.2, 0) is 21.5 Å². The lowest BCUT2D eigenvalue weighted by Crippen LogP contribution is -2.15. The maximum Gasteiger partial charge on any atom is 0.373 e. The van der Waals surface area contributed by atoms with Gasteiger partial charge in [0.1, 0.15) is 17.6 Å². The molecule has 0 radical (unpaired) electrons. The summed E-state index contributed by atoms with van der Waals surface area (Å²) >= 11 is 0. The van der Waals surface area contributed by atoms with E-state index >= 15 is 0 Å². The van der Waals surface area contributed by atoms with Crippen molar-refractivity contribution in [2.45, 2.75) is 32.7 Å². The van der Waals surface area contributed by atoms with Gasteiger partial charge in [0.15, 0.2) is 0 Å². The van der Waals surface area contributed by atoms with Crippen LogP contribution >= 0.6 is 0 Å². The first-order chi connectivity index (χ1) is 16.7. The molecule has 0 atom stereocenters. The van der Waals surface area contributed by atoms with E-state index in [1.165, 1.54) is 12.1 Å². The zero-order chi connectivity index (χ0) is 25.6. The lowest BCUT2D eigenvalue weighted by molar-refractivity contribution is -0.191. The van der Waals surface area contributed by atoms with Crippen LogP contribution in [0.1, 0.15) is 37.7 Å². The van der Waals surface area contributed by atoms with Crippen molar-refractivity contribution in [1.82, 2.24) is 29.9 Å². The standard InChI is InChI=1S/C23H21FN8.CO2/c1-23(2,3)20-9-5-7-15(27-20)12-32-13-19(30-31-32)18-10-17(28-22(26)29-18)16-8-4-6-14(11-25)21(16)24;2-1-3/h4-10,13H,12H2,1-3H3,(H2,26,28,29);. The Morgan fingerprint density at radius 3 is 2.40 bits per heavy atom. The van der Waals surface area contributed by atoms with Gasteiger partial charge in [-0.2, -0.15) is 14.9 Å². The van der Waals surface area contributed by atoms with Gasteiger partial charge in [-0.1, -0.05) is 38.1 Å². The van der Waals surface area contributed by atoms with E-state index in [1.807, 2.05) is 24.3 Å². The minimum Gasteiger partial charge on any atom is -0.368 e. The van der Waals surface area contributed by atoms with Crippen molar-refractivity contribution < 1.29 is 14.0 Å². The molecule has 3 heterocycles. The van der Waals surface area contributed by atoms with E-state index in [2.05, 4.69) is 41.1 Å². The third-order valence-electron chi connectivity index (χ3n) is 4.84. The van der Waals surface area contributed by atoms with E-state index < -0.39 is 5.82 Å². The van der Waals surface area contributed by atoms with E-state index in [0.717, 1.165) is 11.4 Å². The lowest BCUT2D eigenvalue weighted by atomic mass is 9.91. The quantitative estimate of drug-likeness (QED) is 0.472. The number of hydrogen-bond acceptors (Lipinski definition) is 9. The van der Waals surface area contributed by atoms with Gasteiger partial charge in [-0.25, -0.2) is 19.0 Å². The predicted molar refractivity (Wildman–Crippen MR) is 123 cm³/mol. The molecule has 0 amide bonds. The van der Waals surface area contributed by atoms with Gasteiger partial charge in [0.25, 0.3) is 0 Å². The summed E-state index contributed by atoms with van der Waals surface area (Å²) in [7, 11) is 0. The van der Waals surface area contributed by atoms with Crippen LogP contribution in [0.5, 0.6) is 0 Å². The molecule has 3 aromatic heterocycles. The SMILES string of the molecule is CC(C)(C)c1cccc(Cn2cc(-c3cc(-c4cccc(C#N)c4F)nc(N)n3)nn2)n1.O=C=O. The van der Waals surface area contributed by atoms with E-state index in [4.69, 9.17) is 25.6 Å². The fourth-order valence-corrected chi connectivity index (χ4v) is 3.20. The maximum atomic E-state index is 14.6. The summed E-state index contributed by atoms with van der Waals surface area (Å²) in [5.74, 6) is -0.694. The molecule has 0 saturated heterocycles. The Hall–Kier alpha value is -4.81. The molecule has 0 spiro atoms. The van der Waals surface area contributed by atoms with Gasteiger partial charge in [-0.05, 0) is 30.3 Å². The van der Waals surface area contributed by atoms with Crippen molar-refractivity contribution in [3.8, 4) is 28.7 Å². The Balaban J connectivity index is 0.00000108. The highest BCUT2D eigenvalue weighted by Gasteiger charge is 2.17. The molecule has 176 valence electrons. The van der Waals surface area contributed by atoms with Gasteiger partial charge < -0.3 is 5.73 Å². The van der Waals surface area contributed by atoms with Crippen LogP contribution in [-0.4, -0.2) is 36.1 Å². The second-order valence-electron chi connectivity index (χ2n) is 8.42. The van der Waals surface area contributed by atoms with E-state index in [1.54, 1.807) is 23.0 Å². The van der Waals surface area contributed by atoms with Crippen molar-refractivity contribution in [2.24, 2.45) is 0 Å². The molecular formula is C24H21FN8O2. The highest BCUT2D eigenvalue weighted by molar-refractivity contribution is 5.68. The van der Waals surface area contributed by atoms with Crippen LogP contribution in [0.4, 0.5) is 10.3 Å². The van der Waals surface area contributed by atoms with E-state index in [0.29, 0.717) is 17.9 Å². The Morgan fingerprint density at radius 1 is 1.03 bits per heavy atom. The number of rotatable bonds is 4. The number of aromatic nitrogens is 6. The molecular weight excluding hydrogens is 451 g/mol. The van der Waals surface area contributed by atoms with Crippen LogP contribution in [0.25, 0.3) is 22.6 Å². The largest absolute Gasteiger partial charge is 0.373 e. The van der Waals surface area contributed by atoms with Crippen LogP contribution in [0.2, 0.25) is 0 Å². The molecule has 2 N–H and O–H groups in total. The van der Waals surface area contributed by atoms with Crippen LogP contribution < -0.4 is 5.73 Å². The zero-order valence-corrected chi connectivity index (χ0v) is 19.2. The summed E-state index contributed by atoms with van der Waals surface area (Å²) in [5.41, 5.74) is 8.87. The molecule has 35 heavy (non-hydrogen) atoms. The molecule has 0 fully saturated rings. The molecule has 10 nitrogen and oxygen atoms in total. The molecule has 11 heteroatoms. The molecule has 0 aliphatic rings. The van der Waals surface area contributed by atoms with Crippen molar-refractivity contribution >= 4 is 12.1 Å². The number of benzene rings is 1. The lowest BCUT2D eigenvalue weighted by Gasteiger charge is -2.18. The molecule has 0 aliphatic carbocycles. The topological polar surface area (TPSA) is 153 Å². The molecule has 1 aromatic carbocycles. The third-order valence-corrected chi connectivity index (χ3v) is 4.84. The normalized spacial score (nSPS) is 10.6. The number of carbonyl (C=O) groups excluding carboxylic acids is 2. The highest BCUT2D eigenvalue weighted by Crippen LogP contribution is 2.27. The number of pyridine rings is 1. The number of nitrogens with zero attached hydrogens (tertiary/aromatic N) is 7. The van der Waals surface area contributed by atoms with Crippen molar-refractivity contribution in [1.29, 1.82) is 5.26 Å². The van der Waals surface area contributed by atoms with Gasteiger partial charge >= 0.3 is 6.15 Å². The molecule has 0 aliphatic heterocycles. The first-order valence-electron chi connectivity index (χ1n) is 10.4. The Kier molecular flexibility index (Phi) is 7.39. The number of halogens is 1. The Bertz CT molecular complexity index is 1430. The van der Waals surface area contributed by atoms with Gasteiger partial charge in [-0.15, -0.1) is 5.10 Å². The third kappa shape index (κ3) is 5.96. The summed E-state index contributed by atoms with van der Waals surface area (Å²) in [6, 6.07) is 13.8. The summed E-state index contributed by atoms with van der Waals surface area (Å²) < 4.78 is 16.3. The average Bonchev–Trinajstić information content (AvgIpc) is 3.27. The van der Waals surface area contributed by atoms with Crippen LogP contribution in [0.3, 0.4) is 0 Å². The summed E-state index contributed by atoms with van der Waals surface area (Å²) in [6.07, 6.45) is 1.97. The molecule has 4 aromatic rings. The van der Waals surface area contributed by atoms with E-state index in [9.17, 15) is 4.39 Å².